The van der Waals surface area contributed by atoms with Crippen LogP contribution in [0.5, 0.6) is 0 Å². The molecule has 1 aromatic heterocycles. The minimum absolute atomic E-state index is 0.0366. The number of hydrogen-bond acceptors (Lipinski definition) is 4. The topological polar surface area (TPSA) is 85.4 Å². The SMILES string of the molecule is O=C(Nc1ccc2ccccc2c1)c1ccc(-c2ccc(Cl)c([N+](=O)[O-])c2)o1. The lowest BCUT2D eigenvalue weighted by molar-refractivity contribution is -0.384. The lowest BCUT2D eigenvalue weighted by atomic mass is 10.1. The van der Waals surface area contributed by atoms with E-state index in [1.807, 2.05) is 42.5 Å². The molecule has 7 heteroatoms. The van der Waals surface area contributed by atoms with E-state index in [0.29, 0.717) is 17.0 Å². The van der Waals surface area contributed by atoms with Gasteiger partial charge in [0.1, 0.15) is 10.8 Å². The number of amides is 1. The van der Waals surface area contributed by atoms with Crippen LogP contribution in [0.2, 0.25) is 5.02 Å². The summed E-state index contributed by atoms with van der Waals surface area (Å²) in [7, 11) is 0. The van der Waals surface area contributed by atoms with Crippen LogP contribution in [0.4, 0.5) is 11.4 Å². The second-order valence-corrected chi connectivity index (χ2v) is 6.51. The summed E-state index contributed by atoms with van der Waals surface area (Å²) in [5, 5.41) is 16.0. The molecule has 138 valence electrons. The van der Waals surface area contributed by atoms with Crippen LogP contribution in [0, 0.1) is 10.1 Å². The first-order chi connectivity index (χ1) is 13.5. The molecule has 0 radical (unpaired) electrons. The van der Waals surface area contributed by atoms with Gasteiger partial charge < -0.3 is 9.73 Å². The van der Waals surface area contributed by atoms with E-state index in [9.17, 15) is 14.9 Å². The van der Waals surface area contributed by atoms with Crippen LogP contribution in [-0.2, 0) is 0 Å². The number of carbonyl (C=O) groups excluding carboxylic acids is 1. The molecule has 0 saturated carbocycles. The predicted octanol–water partition coefficient (Wildman–Crippen LogP) is 5.91. The number of carbonyl (C=O) groups is 1. The van der Waals surface area contributed by atoms with Gasteiger partial charge in [-0.25, -0.2) is 0 Å². The van der Waals surface area contributed by atoms with E-state index in [1.165, 1.54) is 18.2 Å². The van der Waals surface area contributed by atoms with E-state index in [-0.39, 0.29) is 16.5 Å². The molecule has 1 amide bonds. The Balaban J connectivity index is 1.57. The van der Waals surface area contributed by atoms with E-state index in [2.05, 4.69) is 5.32 Å². The smallest absolute Gasteiger partial charge is 0.291 e. The van der Waals surface area contributed by atoms with Gasteiger partial charge in [-0.2, -0.15) is 0 Å². The van der Waals surface area contributed by atoms with E-state index < -0.39 is 10.8 Å². The zero-order valence-electron chi connectivity index (χ0n) is 14.4. The van der Waals surface area contributed by atoms with Gasteiger partial charge in [-0.15, -0.1) is 0 Å². The number of anilines is 1. The van der Waals surface area contributed by atoms with Crippen molar-refractivity contribution >= 4 is 39.7 Å². The van der Waals surface area contributed by atoms with Crippen LogP contribution in [-0.4, -0.2) is 10.8 Å². The highest BCUT2D eigenvalue weighted by atomic mass is 35.5. The number of nitrogens with one attached hydrogen (secondary N) is 1. The molecule has 0 saturated heterocycles. The van der Waals surface area contributed by atoms with Crippen molar-refractivity contribution in [3.05, 3.63) is 93.7 Å². The number of fused-ring (bicyclic) bond motifs is 1. The number of nitrogens with zero attached hydrogens (tertiary/aromatic N) is 1. The first-order valence-corrected chi connectivity index (χ1v) is 8.73. The largest absolute Gasteiger partial charge is 0.451 e. The first kappa shape index (κ1) is 17.8. The number of furan rings is 1. The fourth-order valence-electron chi connectivity index (χ4n) is 2.88. The highest BCUT2D eigenvalue weighted by molar-refractivity contribution is 6.32. The normalized spacial score (nSPS) is 10.8. The fraction of sp³-hybridized carbons (Fsp3) is 0. The number of rotatable bonds is 4. The maximum Gasteiger partial charge on any atom is 0.291 e. The minimum atomic E-state index is -0.567. The fourth-order valence-corrected chi connectivity index (χ4v) is 3.07. The maximum atomic E-state index is 12.5. The lowest BCUT2D eigenvalue weighted by Crippen LogP contribution is -2.10. The van der Waals surface area contributed by atoms with Crippen molar-refractivity contribution in [3.63, 3.8) is 0 Å². The summed E-state index contributed by atoms with van der Waals surface area (Å²) in [6.45, 7) is 0. The molecule has 0 atom stereocenters. The molecule has 4 aromatic rings. The Morgan fingerprint density at radius 1 is 0.964 bits per heavy atom. The molecule has 0 spiro atoms. The van der Waals surface area contributed by atoms with Gasteiger partial charge in [0.2, 0.25) is 0 Å². The summed E-state index contributed by atoms with van der Waals surface area (Å²) < 4.78 is 5.59. The van der Waals surface area contributed by atoms with Gasteiger partial charge in [0.15, 0.2) is 5.76 Å². The zero-order valence-corrected chi connectivity index (χ0v) is 15.1. The van der Waals surface area contributed by atoms with Crippen LogP contribution in [0.25, 0.3) is 22.1 Å². The zero-order chi connectivity index (χ0) is 19.7. The first-order valence-electron chi connectivity index (χ1n) is 8.35. The van der Waals surface area contributed by atoms with E-state index in [0.717, 1.165) is 10.8 Å². The molecule has 0 aliphatic carbocycles. The third kappa shape index (κ3) is 3.45. The Bertz CT molecular complexity index is 1220. The number of benzene rings is 3. The average Bonchev–Trinajstić information content (AvgIpc) is 3.18. The Hall–Kier alpha value is -3.64. The highest BCUT2D eigenvalue weighted by Crippen LogP contribution is 2.31. The molecular formula is C21H13ClN2O4. The molecule has 0 unspecified atom stereocenters. The Kier molecular flexibility index (Phi) is 4.55. The molecule has 0 bridgehead atoms. The third-order valence-corrected chi connectivity index (χ3v) is 4.58. The number of hydrogen-bond donors (Lipinski definition) is 1. The molecular weight excluding hydrogens is 380 g/mol. The van der Waals surface area contributed by atoms with Crippen molar-refractivity contribution in [2.75, 3.05) is 5.32 Å². The molecule has 1 N–H and O–H groups in total. The summed E-state index contributed by atoms with van der Waals surface area (Å²) in [5.41, 5.74) is 0.877. The van der Waals surface area contributed by atoms with E-state index in [1.54, 1.807) is 12.1 Å². The third-order valence-electron chi connectivity index (χ3n) is 4.26. The maximum absolute atomic E-state index is 12.5. The Morgan fingerprint density at radius 3 is 2.54 bits per heavy atom. The molecule has 0 fully saturated rings. The molecule has 4 rings (SSSR count). The summed E-state index contributed by atoms with van der Waals surface area (Å²) in [6.07, 6.45) is 0. The quantitative estimate of drug-likeness (QED) is 0.345. The number of nitro groups is 1. The molecule has 6 nitrogen and oxygen atoms in total. The van der Waals surface area contributed by atoms with E-state index >= 15 is 0 Å². The standard InChI is InChI=1S/C21H13ClN2O4/c22-17-8-6-15(12-18(17)24(26)27)19-9-10-20(28-19)21(25)23-16-7-5-13-3-1-2-4-14(13)11-16/h1-12H,(H,23,25). The molecule has 0 aliphatic heterocycles. The second kappa shape index (κ2) is 7.17. The van der Waals surface area contributed by atoms with Crippen molar-refractivity contribution in [1.29, 1.82) is 0 Å². The number of nitro benzene ring substituents is 1. The summed E-state index contributed by atoms with van der Waals surface area (Å²) >= 11 is 5.83. The van der Waals surface area contributed by atoms with Crippen molar-refractivity contribution in [2.45, 2.75) is 0 Å². The average molecular weight is 393 g/mol. The van der Waals surface area contributed by atoms with Gasteiger partial charge in [-0.05, 0) is 47.2 Å². The van der Waals surface area contributed by atoms with Gasteiger partial charge in [0.05, 0.1) is 4.92 Å². The summed E-state index contributed by atoms with van der Waals surface area (Å²) in [4.78, 5) is 23.0. The monoisotopic (exact) mass is 392 g/mol. The van der Waals surface area contributed by atoms with Gasteiger partial charge in [0.25, 0.3) is 11.6 Å². The van der Waals surface area contributed by atoms with E-state index in [4.69, 9.17) is 16.0 Å². The van der Waals surface area contributed by atoms with Crippen LogP contribution in [0.1, 0.15) is 10.6 Å². The molecule has 0 aliphatic rings. The van der Waals surface area contributed by atoms with Crippen molar-refractivity contribution < 1.29 is 14.1 Å². The van der Waals surface area contributed by atoms with Gasteiger partial charge in [-0.1, -0.05) is 41.9 Å². The van der Waals surface area contributed by atoms with Crippen molar-refractivity contribution in [1.82, 2.24) is 0 Å². The predicted molar refractivity (Wildman–Crippen MR) is 108 cm³/mol. The van der Waals surface area contributed by atoms with Crippen LogP contribution in [0.3, 0.4) is 0 Å². The molecule has 1 heterocycles. The van der Waals surface area contributed by atoms with Gasteiger partial charge >= 0.3 is 0 Å². The minimum Gasteiger partial charge on any atom is -0.451 e. The van der Waals surface area contributed by atoms with Crippen LogP contribution >= 0.6 is 11.6 Å². The number of halogens is 1. The second-order valence-electron chi connectivity index (χ2n) is 6.10. The Morgan fingerprint density at radius 2 is 1.75 bits per heavy atom. The molecule has 3 aromatic carbocycles. The van der Waals surface area contributed by atoms with Gasteiger partial charge in [-0.3, -0.25) is 14.9 Å². The van der Waals surface area contributed by atoms with Crippen LogP contribution < -0.4 is 5.32 Å². The lowest BCUT2D eigenvalue weighted by Gasteiger charge is -2.05. The highest BCUT2D eigenvalue weighted by Gasteiger charge is 2.17. The summed E-state index contributed by atoms with van der Waals surface area (Å²) in [6, 6.07) is 20.9. The summed E-state index contributed by atoms with van der Waals surface area (Å²) in [5.74, 6) is 0.0224. The van der Waals surface area contributed by atoms with Crippen molar-refractivity contribution in [3.8, 4) is 11.3 Å². The van der Waals surface area contributed by atoms with Crippen LogP contribution in [0.15, 0.2) is 77.2 Å². The van der Waals surface area contributed by atoms with Gasteiger partial charge in [0, 0.05) is 17.3 Å². The molecule has 28 heavy (non-hydrogen) atoms. The Labute approximate surface area is 164 Å². The van der Waals surface area contributed by atoms with Crippen molar-refractivity contribution in [2.24, 2.45) is 0 Å².